The van der Waals surface area contributed by atoms with Crippen LogP contribution in [0.1, 0.15) is 73.8 Å². The molecule has 1 amide bonds. The van der Waals surface area contributed by atoms with Crippen LogP contribution in [-0.4, -0.2) is 28.0 Å². The zero-order valence-electron chi connectivity index (χ0n) is 17.6. The number of carbonyl (C=O) groups excluding carboxylic acids is 1. The molecule has 1 fully saturated rings. The van der Waals surface area contributed by atoms with Crippen molar-refractivity contribution in [3.05, 3.63) is 52.8 Å². The Bertz CT molecular complexity index is 796. The lowest BCUT2D eigenvalue weighted by atomic mass is 9.86. The van der Waals surface area contributed by atoms with Gasteiger partial charge in [-0.15, -0.1) is 0 Å². The lowest BCUT2D eigenvalue weighted by molar-refractivity contribution is 0.0884. The van der Waals surface area contributed by atoms with Gasteiger partial charge in [0.05, 0.1) is 0 Å². The lowest BCUT2D eigenvalue weighted by Gasteiger charge is -2.29. The molecule has 1 aliphatic rings. The Kier molecular flexibility index (Phi) is 6.01. The van der Waals surface area contributed by atoms with Gasteiger partial charge in [0.25, 0.3) is 5.91 Å². The van der Waals surface area contributed by atoms with Crippen LogP contribution in [0.2, 0.25) is 0 Å². The molecule has 1 aromatic heterocycles. The number of benzene rings is 1. The fourth-order valence-electron chi connectivity index (χ4n) is 3.61. The van der Waals surface area contributed by atoms with Crippen LogP contribution in [0, 0.1) is 13.8 Å². The summed E-state index contributed by atoms with van der Waals surface area (Å²) in [5, 5.41) is 3.17. The van der Waals surface area contributed by atoms with Crippen molar-refractivity contribution in [2.45, 2.75) is 77.9 Å². The molecule has 1 saturated carbocycles. The highest BCUT2D eigenvalue weighted by Gasteiger charge is 2.25. The zero-order chi connectivity index (χ0) is 20.3. The summed E-state index contributed by atoms with van der Waals surface area (Å²) >= 11 is 0. The standard InChI is InChI=1S/C23H31N3O2/c1-15-14-16(2)25-22(24-15)28-20-12-10-19(11-13-20)26-21(27)17-6-8-18(9-7-17)23(3,4)5/h6-9,14,19-20H,10-13H2,1-5H3,(H,26,27). The first kappa shape index (κ1) is 20.3. The summed E-state index contributed by atoms with van der Waals surface area (Å²) in [7, 11) is 0. The summed E-state index contributed by atoms with van der Waals surface area (Å²) in [6.45, 7) is 10.4. The van der Waals surface area contributed by atoms with Crippen molar-refractivity contribution in [3.8, 4) is 6.01 Å². The Morgan fingerprint density at radius 1 is 1.00 bits per heavy atom. The minimum absolute atomic E-state index is 0.00229. The molecule has 0 unspecified atom stereocenters. The molecule has 0 bridgehead atoms. The van der Waals surface area contributed by atoms with Crippen LogP contribution in [-0.2, 0) is 5.41 Å². The Morgan fingerprint density at radius 2 is 1.57 bits per heavy atom. The molecule has 0 radical (unpaired) electrons. The highest BCUT2D eigenvalue weighted by Crippen LogP contribution is 2.24. The average Bonchev–Trinajstić information content (AvgIpc) is 2.62. The van der Waals surface area contributed by atoms with E-state index >= 15 is 0 Å². The predicted octanol–water partition coefficient (Wildman–Crippen LogP) is 4.51. The van der Waals surface area contributed by atoms with Crippen LogP contribution in [0.5, 0.6) is 6.01 Å². The predicted molar refractivity (Wildman–Crippen MR) is 111 cm³/mol. The van der Waals surface area contributed by atoms with Gasteiger partial charge in [-0.2, -0.15) is 0 Å². The van der Waals surface area contributed by atoms with E-state index in [4.69, 9.17) is 4.74 Å². The maximum Gasteiger partial charge on any atom is 0.317 e. The van der Waals surface area contributed by atoms with Gasteiger partial charge < -0.3 is 10.1 Å². The molecular formula is C23H31N3O2. The van der Waals surface area contributed by atoms with E-state index in [1.807, 2.05) is 44.2 Å². The maximum absolute atomic E-state index is 12.6. The Morgan fingerprint density at radius 3 is 2.11 bits per heavy atom. The lowest BCUT2D eigenvalue weighted by Crippen LogP contribution is -2.39. The van der Waals surface area contributed by atoms with Gasteiger partial charge in [0.15, 0.2) is 0 Å². The molecule has 0 atom stereocenters. The monoisotopic (exact) mass is 381 g/mol. The van der Waals surface area contributed by atoms with E-state index in [0.717, 1.165) is 42.6 Å². The average molecular weight is 382 g/mol. The molecule has 1 heterocycles. The first-order chi connectivity index (χ1) is 13.2. The molecule has 1 N–H and O–H groups in total. The summed E-state index contributed by atoms with van der Waals surface area (Å²) in [6.07, 6.45) is 3.71. The van der Waals surface area contributed by atoms with E-state index < -0.39 is 0 Å². The first-order valence-electron chi connectivity index (χ1n) is 10.1. The number of nitrogens with one attached hydrogen (secondary N) is 1. The quantitative estimate of drug-likeness (QED) is 0.846. The summed E-state index contributed by atoms with van der Waals surface area (Å²) in [5.74, 6) is 0.00229. The van der Waals surface area contributed by atoms with Crippen molar-refractivity contribution in [1.29, 1.82) is 0 Å². The minimum Gasteiger partial charge on any atom is -0.460 e. The molecule has 0 aliphatic heterocycles. The van der Waals surface area contributed by atoms with E-state index in [9.17, 15) is 4.79 Å². The van der Waals surface area contributed by atoms with E-state index in [1.54, 1.807) is 0 Å². The van der Waals surface area contributed by atoms with Crippen molar-refractivity contribution >= 4 is 5.91 Å². The Labute approximate surface area is 167 Å². The number of carbonyl (C=O) groups is 1. The van der Waals surface area contributed by atoms with Gasteiger partial charge in [0.2, 0.25) is 0 Å². The van der Waals surface area contributed by atoms with Gasteiger partial charge >= 0.3 is 6.01 Å². The van der Waals surface area contributed by atoms with Crippen molar-refractivity contribution < 1.29 is 9.53 Å². The Balaban J connectivity index is 1.50. The second-order valence-electron chi connectivity index (χ2n) is 8.83. The van der Waals surface area contributed by atoms with Gasteiger partial charge in [0.1, 0.15) is 6.10 Å². The van der Waals surface area contributed by atoms with Crippen LogP contribution >= 0.6 is 0 Å². The number of nitrogens with zero attached hydrogens (tertiary/aromatic N) is 2. The van der Waals surface area contributed by atoms with Gasteiger partial charge in [-0.3, -0.25) is 4.79 Å². The smallest absolute Gasteiger partial charge is 0.317 e. The van der Waals surface area contributed by atoms with Crippen molar-refractivity contribution in [2.75, 3.05) is 0 Å². The van der Waals surface area contributed by atoms with Crippen LogP contribution in [0.3, 0.4) is 0 Å². The molecule has 150 valence electrons. The fourth-order valence-corrected chi connectivity index (χ4v) is 3.61. The second-order valence-corrected chi connectivity index (χ2v) is 8.83. The largest absolute Gasteiger partial charge is 0.460 e. The van der Waals surface area contributed by atoms with E-state index in [-0.39, 0.29) is 23.5 Å². The summed E-state index contributed by atoms with van der Waals surface area (Å²) in [5.41, 5.74) is 3.87. The molecule has 0 spiro atoms. The molecule has 2 aromatic rings. The van der Waals surface area contributed by atoms with Crippen LogP contribution in [0.25, 0.3) is 0 Å². The summed E-state index contributed by atoms with van der Waals surface area (Å²) in [6, 6.07) is 10.5. The number of aryl methyl sites for hydroxylation is 2. The third kappa shape index (κ3) is 5.31. The van der Waals surface area contributed by atoms with Crippen LogP contribution in [0.15, 0.2) is 30.3 Å². The third-order valence-corrected chi connectivity index (χ3v) is 5.26. The highest BCUT2D eigenvalue weighted by atomic mass is 16.5. The van der Waals surface area contributed by atoms with Crippen LogP contribution < -0.4 is 10.1 Å². The zero-order valence-corrected chi connectivity index (χ0v) is 17.6. The Hall–Kier alpha value is -2.43. The highest BCUT2D eigenvalue weighted by molar-refractivity contribution is 5.94. The second kappa shape index (κ2) is 8.29. The topological polar surface area (TPSA) is 64.1 Å². The molecule has 3 rings (SSSR count). The fraction of sp³-hybridized carbons (Fsp3) is 0.522. The maximum atomic E-state index is 12.6. The number of rotatable bonds is 4. The van der Waals surface area contributed by atoms with Crippen molar-refractivity contribution in [2.24, 2.45) is 0 Å². The van der Waals surface area contributed by atoms with E-state index in [1.165, 1.54) is 5.56 Å². The van der Waals surface area contributed by atoms with E-state index in [0.29, 0.717) is 6.01 Å². The van der Waals surface area contributed by atoms with Gasteiger partial charge in [-0.1, -0.05) is 32.9 Å². The van der Waals surface area contributed by atoms with E-state index in [2.05, 4.69) is 36.1 Å². The summed E-state index contributed by atoms with van der Waals surface area (Å²) < 4.78 is 5.96. The van der Waals surface area contributed by atoms with Gasteiger partial charge in [-0.25, -0.2) is 9.97 Å². The molecule has 5 nitrogen and oxygen atoms in total. The van der Waals surface area contributed by atoms with Crippen molar-refractivity contribution in [1.82, 2.24) is 15.3 Å². The van der Waals surface area contributed by atoms with Gasteiger partial charge in [-0.05, 0) is 68.7 Å². The molecule has 1 aromatic carbocycles. The molecule has 5 heteroatoms. The number of amides is 1. The van der Waals surface area contributed by atoms with Crippen molar-refractivity contribution in [3.63, 3.8) is 0 Å². The molecule has 0 saturated heterocycles. The SMILES string of the molecule is Cc1cc(C)nc(OC2CCC(NC(=O)c3ccc(C(C)(C)C)cc3)CC2)n1. The number of aromatic nitrogens is 2. The first-order valence-corrected chi connectivity index (χ1v) is 10.1. The summed E-state index contributed by atoms with van der Waals surface area (Å²) in [4.78, 5) is 21.3. The van der Waals surface area contributed by atoms with Gasteiger partial charge in [0, 0.05) is 23.0 Å². The number of ether oxygens (including phenoxy) is 1. The third-order valence-electron chi connectivity index (χ3n) is 5.26. The normalized spacial score (nSPS) is 19.9. The van der Waals surface area contributed by atoms with Crippen LogP contribution in [0.4, 0.5) is 0 Å². The minimum atomic E-state index is 0.00229. The number of hydrogen-bond acceptors (Lipinski definition) is 4. The molecular weight excluding hydrogens is 350 g/mol. The number of hydrogen-bond donors (Lipinski definition) is 1. The molecule has 28 heavy (non-hydrogen) atoms. The molecule has 1 aliphatic carbocycles.